The molecule has 0 aliphatic rings. The third-order valence-corrected chi connectivity index (χ3v) is 1.93. The number of aryl methyl sites for hydroxylation is 1. The molecule has 1 nitrogen and oxygen atoms in total. The summed E-state index contributed by atoms with van der Waals surface area (Å²) in [5, 5.41) is 0. The van der Waals surface area contributed by atoms with Crippen LogP contribution in [0.5, 0.6) is 0 Å². The van der Waals surface area contributed by atoms with Crippen molar-refractivity contribution in [1.82, 2.24) is 4.57 Å². The maximum Gasteiger partial charge on any atom is 0.417 e. The van der Waals surface area contributed by atoms with E-state index in [1.165, 1.54) is 6.07 Å². The van der Waals surface area contributed by atoms with Gasteiger partial charge in [-0.15, -0.1) is 0 Å². The molecule has 1 rings (SSSR count). The third kappa shape index (κ3) is 2.05. The van der Waals surface area contributed by atoms with Crippen LogP contribution in [0.15, 0.2) is 12.3 Å². The summed E-state index contributed by atoms with van der Waals surface area (Å²) in [6.45, 7) is 5.38. The first-order chi connectivity index (χ1) is 5.82. The minimum atomic E-state index is -4.23. The molecule has 0 amide bonds. The quantitative estimate of drug-likeness (QED) is 0.641. The first kappa shape index (κ1) is 10.2. The van der Waals surface area contributed by atoms with E-state index in [2.05, 4.69) is 0 Å². The Bertz CT molecular complexity index is 296. The Morgan fingerprint density at radius 2 is 1.85 bits per heavy atom. The predicted molar refractivity (Wildman–Crippen MR) is 44.6 cm³/mol. The molecule has 0 atom stereocenters. The lowest BCUT2D eigenvalue weighted by Crippen LogP contribution is -2.04. The third-order valence-electron chi connectivity index (χ3n) is 1.93. The van der Waals surface area contributed by atoms with E-state index in [-0.39, 0.29) is 6.04 Å². The number of aromatic nitrogens is 1. The van der Waals surface area contributed by atoms with Gasteiger partial charge in [0.05, 0.1) is 5.56 Å². The van der Waals surface area contributed by atoms with Gasteiger partial charge in [0, 0.05) is 17.9 Å². The first-order valence-electron chi connectivity index (χ1n) is 4.08. The van der Waals surface area contributed by atoms with Crippen molar-refractivity contribution >= 4 is 0 Å². The van der Waals surface area contributed by atoms with E-state index < -0.39 is 11.7 Å². The Morgan fingerprint density at radius 1 is 1.31 bits per heavy atom. The van der Waals surface area contributed by atoms with E-state index in [0.29, 0.717) is 5.69 Å². The minimum Gasteiger partial charge on any atom is -0.349 e. The second-order valence-corrected chi connectivity index (χ2v) is 3.37. The van der Waals surface area contributed by atoms with Crippen LogP contribution in [0.1, 0.15) is 31.1 Å². The van der Waals surface area contributed by atoms with Crippen LogP contribution >= 0.6 is 0 Å². The van der Waals surface area contributed by atoms with Gasteiger partial charge in [-0.05, 0) is 26.8 Å². The predicted octanol–water partition coefficient (Wildman–Crippen LogP) is 3.40. The lowest BCUT2D eigenvalue weighted by atomic mass is 10.3. The largest absolute Gasteiger partial charge is 0.417 e. The Labute approximate surface area is 75.2 Å². The number of nitrogens with zero attached hydrogens (tertiary/aromatic N) is 1. The Balaban J connectivity index is 3.10. The number of rotatable bonds is 1. The van der Waals surface area contributed by atoms with Gasteiger partial charge in [0.1, 0.15) is 0 Å². The highest BCUT2D eigenvalue weighted by Crippen LogP contribution is 2.31. The summed E-state index contributed by atoms with van der Waals surface area (Å²) >= 11 is 0. The Hall–Kier alpha value is -0.930. The maximum absolute atomic E-state index is 12.2. The highest BCUT2D eigenvalue weighted by Gasteiger charge is 2.32. The molecule has 74 valence electrons. The van der Waals surface area contributed by atoms with Crippen LogP contribution in [-0.4, -0.2) is 4.57 Å². The standard InChI is InChI=1S/C9H12F3N/c1-6(2)13-5-8(4-7(13)3)9(10,11)12/h4-6H,1-3H3. The van der Waals surface area contributed by atoms with Gasteiger partial charge in [-0.25, -0.2) is 0 Å². The summed E-state index contributed by atoms with van der Waals surface area (Å²) in [6, 6.07) is 1.23. The van der Waals surface area contributed by atoms with Crippen LogP contribution in [0, 0.1) is 6.92 Å². The first-order valence-corrected chi connectivity index (χ1v) is 4.08. The molecule has 0 N–H and O–H groups in total. The van der Waals surface area contributed by atoms with Crippen LogP contribution < -0.4 is 0 Å². The van der Waals surface area contributed by atoms with E-state index in [1.54, 1.807) is 11.5 Å². The van der Waals surface area contributed by atoms with E-state index >= 15 is 0 Å². The Kier molecular flexibility index (Phi) is 2.41. The Morgan fingerprint density at radius 3 is 2.08 bits per heavy atom. The average Bonchev–Trinajstić information content (AvgIpc) is 2.29. The molecule has 0 aliphatic heterocycles. The van der Waals surface area contributed by atoms with E-state index in [4.69, 9.17) is 0 Å². The van der Waals surface area contributed by atoms with Crippen LogP contribution in [0.2, 0.25) is 0 Å². The summed E-state index contributed by atoms with van der Waals surface area (Å²) in [4.78, 5) is 0. The molecule has 0 aliphatic carbocycles. The molecular weight excluding hydrogens is 179 g/mol. The highest BCUT2D eigenvalue weighted by molar-refractivity contribution is 5.21. The van der Waals surface area contributed by atoms with Crippen molar-refractivity contribution in [2.75, 3.05) is 0 Å². The zero-order valence-electron chi connectivity index (χ0n) is 7.81. The molecular formula is C9H12F3N. The van der Waals surface area contributed by atoms with Crippen LogP contribution in [0.25, 0.3) is 0 Å². The smallest absolute Gasteiger partial charge is 0.349 e. The summed E-state index contributed by atoms with van der Waals surface area (Å²) in [5.74, 6) is 0. The van der Waals surface area contributed by atoms with Gasteiger partial charge in [0.25, 0.3) is 0 Å². The highest BCUT2D eigenvalue weighted by atomic mass is 19.4. The number of alkyl halides is 3. The summed E-state index contributed by atoms with van der Waals surface area (Å²) in [5.41, 5.74) is 0.0704. The lowest BCUT2D eigenvalue weighted by Gasteiger charge is -2.09. The zero-order chi connectivity index (χ0) is 10.2. The second kappa shape index (κ2) is 3.09. The molecule has 0 unspecified atom stereocenters. The summed E-state index contributed by atoms with van der Waals surface area (Å²) < 4.78 is 38.3. The van der Waals surface area contributed by atoms with Gasteiger partial charge in [-0.2, -0.15) is 13.2 Å². The molecule has 0 radical (unpaired) electrons. The van der Waals surface area contributed by atoms with Crippen LogP contribution in [-0.2, 0) is 6.18 Å². The summed E-state index contributed by atoms with van der Waals surface area (Å²) in [7, 11) is 0. The van der Waals surface area contributed by atoms with Crippen molar-refractivity contribution in [3.05, 3.63) is 23.5 Å². The molecule has 0 bridgehead atoms. The molecule has 1 aromatic rings. The molecule has 13 heavy (non-hydrogen) atoms. The fraction of sp³-hybridized carbons (Fsp3) is 0.556. The van der Waals surface area contributed by atoms with Crippen molar-refractivity contribution < 1.29 is 13.2 Å². The monoisotopic (exact) mass is 191 g/mol. The molecule has 0 aromatic carbocycles. The van der Waals surface area contributed by atoms with Gasteiger partial charge in [0.15, 0.2) is 0 Å². The zero-order valence-corrected chi connectivity index (χ0v) is 7.81. The SMILES string of the molecule is Cc1cc(C(F)(F)F)cn1C(C)C. The van der Waals surface area contributed by atoms with Gasteiger partial charge in [-0.3, -0.25) is 0 Å². The van der Waals surface area contributed by atoms with Crippen molar-refractivity contribution in [2.45, 2.75) is 33.0 Å². The van der Waals surface area contributed by atoms with Crippen molar-refractivity contribution in [1.29, 1.82) is 0 Å². The van der Waals surface area contributed by atoms with Crippen molar-refractivity contribution in [3.63, 3.8) is 0 Å². The topological polar surface area (TPSA) is 4.93 Å². The molecule has 1 heterocycles. The molecule has 0 spiro atoms. The van der Waals surface area contributed by atoms with Crippen molar-refractivity contribution in [3.8, 4) is 0 Å². The number of hydrogen-bond acceptors (Lipinski definition) is 0. The van der Waals surface area contributed by atoms with Crippen LogP contribution in [0.3, 0.4) is 0 Å². The van der Waals surface area contributed by atoms with E-state index in [1.807, 2.05) is 13.8 Å². The molecule has 1 aromatic heterocycles. The summed E-state index contributed by atoms with van der Waals surface area (Å²) in [6.07, 6.45) is -3.08. The maximum atomic E-state index is 12.2. The van der Waals surface area contributed by atoms with Gasteiger partial charge >= 0.3 is 6.18 Å². The van der Waals surface area contributed by atoms with E-state index in [9.17, 15) is 13.2 Å². The van der Waals surface area contributed by atoms with Gasteiger partial charge in [-0.1, -0.05) is 0 Å². The lowest BCUT2D eigenvalue weighted by molar-refractivity contribution is -0.137. The van der Waals surface area contributed by atoms with E-state index in [0.717, 1.165) is 6.20 Å². The molecule has 0 saturated carbocycles. The minimum absolute atomic E-state index is 0.0658. The van der Waals surface area contributed by atoms with Crippen LogP contribution in [0.4, 0.5) is 13.2 Å². The molecule has 4 heteroatoms. The fourth-order valence-electron chi connectivity index (χ4n) is 1.30. The average molecular weight is 191 g/mol. The second-order valence-electron chi connectivity index (χ2n) is 3.37. The number of halogens is 3. The normalized spacial score (nSPS) is 12.5. The number of hydrogen-bond donors (Lipinski definition) is 0. The fourth-order valence-corrected chi connectivity index (χ4v) is 1.30. The molecule has 0 fully saturated rings. The van der Waals surface area contributed by atoms with Gasteiger partial charge < -0.3 is 4.57 Å². The van der Waals surface area contributed by atoms with Crippen molar-refractivity contribution in [2.24, 2.45) is 0 Å². The van der Waals surface area contributed by atoms with Gasteiger partial charge in [0.2, 0.25) is 0 Å². The molecule has 0 saturated heterocycles.